The smallest absolute Gasteiger partial charge is 0.324 e. The van der Waals surface area contributed by atoms with Gasteiger partial charge in [0.15, 0.2) is 0 Å². The van der Waals surface area contributed by atoms with Gasteiger partial charge in [0, 0.05) is 6.42 Å². The maximum atomic E-state index is 10.9. The maximum Gasteiger partial charge on any atom is 0.324 e. The molecule has 0 aromatic heterocycles. The zero-order valence-corrected chi connectivity index (χ0v) is 7.82. The van der Waals surface area contributed by atoms with Gasteiger partial charge in [-0.3, -0.25) is 9.59 Å². The first-order valence-corrected chi connectivity index (χ1v) is 4.17. The third-order valence-electron chi connectivity index (χ3n) is 1.56. The quantitative estimate of drug-likeness (QED) is 0.600. The first-order valence-electron chi connectivity index (χ1n) is 4.17. The van der Waals surface area contributed by atoms with E-state index in [0.717, 1.165) is 0 Å². The summed E-state index contributed by atoms with van der Waals surface area (Å²) in [5.41, 5.74) is 5.23. The molecule has 0 saturated carbocycles. The van der Waals surface area contributed by atoms with Crippen LogP contribution in [0.15, 0.2) is 0 Å². The molecule has 0 aromatic carbocycles. The van der Waals surface area contributed by atoms with Crippen LogP contribution in [0.25, 0.3) is 0 Å². The Bertz CT molecular complexity index is 193. The summed E-state index contributed by atoms with van der Waals surface area (Å²) < 4.78 is 4.77. The van der Waals surface area contributed by atoms with Crippen molar-refractivity contribution < 1.29 is 19.4 Å². The topological polar surface area (TPSA) is 89.6 Å². The molecule has 5 nitrogen and oxygen atoms in total. The van der Waals surface area contributed by atoms with E-state index in [4.69, 9.17) is 15.6 Å². The molecule has 0 aliphatic rings. The van der Waals surface area contributed by atoms with Crippen LogP contribution in [0.5, 0.6) is 0 Å². The molecule has 0 amide bonds. The van der Waals surface area contributed by atoms with Crippen molar-refractivity contribution in [3.63, 3.8) is 0 Å². The predicted molar refractivity (Wildman–Crippen MR) is 46.1 cm³/mol. The third-order valence-corrected chi connectivity index (χ3v) is 1.56. The normalized spacial score (nSPS) is 14.7. The predicted octanol–water partition coefficient (Wildman–Crippen LogP) is 0.130. The molecule has 0 heterocycles. The number of esters is 1. The van der Waals surface area contributed by atoms with Crippen LogP contribution >= 0.6 is 0 Å². The van der Waals surface area contributed by atoms with Crippen molar-refractivity contribution in [2.24, 2.45) is 5.73 Å². The number of aliphatic carboxylic acids is 1. The molecule has 0 bridgehead atoms. The summed E-state index contributed by atoms with van der Waals surface area (Å²) in [5, 5.41) is 8.48. The van der Waals surface area contributed by atoms with Crippen LogP contribution < -0.4 is 5.73 Å². The molecule has 2 atom stereocenters. The highest BCUT2D eigenvalue weighted by molar-refractivity contribution is 5.75. The second-order valence-electron chi connectivity index (χ2n) is 2.81. The molecular formula is C8H15NO4. The average molecular weight is 189 g/mol. The van der Waals surface area contributed by atoms with Crippen LogP contribution in [0.1, 0.15) is 26.7 Å². The van der Waals surface area contributed by atoms with Gasteiger partial charge in [0.25, 0.3) is 0 Å². The van der Waals surface area contributed by atoms with E-state index in [1.807, 2.05) is 6.92 Å². The Morgan fingerprint density at radius 1 is 1.54 bits per heavy atom. The minimum absolute atomic E-state index is 0.288. The van der Waals surface area contributed by atoms with Crippen molar-refractivity contribution in [2.75, 3.05) is 0 Å². The maximum absolute atomic E-state index is 10.9. The lowest BCUT2D eigenvalue weighted by molar-refractivity contribution is -0.153. The highest BCUT2D eigenvalue weighted by atomic mass is 16.5. The molecule has 0 rings (SSSR count). The molecule has 0 aromatic rings. The number of carboxylic acid groups (broad SMARTS) is 1. The summed E-state index contributed by atoms with van der Waals surface area (Å²) in [6, 6.07) is -1.15. The van der Waals surface area contributed by atoms with Gasteiger partial charge in [0.1, 0.15) is 12.1 Å². The standard InChI is InChI=1S/C8H15NO4/c1-3-4-6(10)13-5(2)7(9)8(11)12/h5,7H,3-4,9H2,1-2H3,(H,11,12)/t5-,7-/m0/s1. The van der Waals surface area contributed by atoms with Gasteiger partial charge < -0.3 is 15.6 Å². The number of hydrogen-bond acceptors (Lipinski definition) is 4. The fourth-order valence-corrected chi connectivity index (χ4v) is 0.744. The van der Waals surface area contributed by atoms with Crippen LogP contribution in [0.4, 0.5) is 0 Å². The Morgan fingerprint density at radius 2 is 2.08 bits per heavy atom. The Kier molecular flexibility index (Phi) is 5.06. The fourth-order valence-electron chi connectivity index (χ4n) is 0.744. The average Bonchev–Trinajstić information content (AvgIpc) is 2.03. The molecule has 3 N–H and O–H groups in total. The van der Waals surface area contributed by atoms with Crippen LogP contribution in [0.2, 0.25) is 0 Å². The van der Waals surface area contributed by atoms with E-state index in [1.165, 1.54) is 6.92 Å². The third kappa shape index (κ3) is 4.47. The van der Waals surface area contributed by atoms with Gasteiger partial charge in [-0.2, -0.15) is 0 Å². The molecule has 0 radical (unpaired) electrons. The van der Waals surface area contributed by atoms with Crippen LogP contribution in [0.3, 0.4) is 0 Å². The van der Waals surface area contributed by atoms with Gasteiger partial charge in [-0.15, -0.1) is 0 Å². The lowest BCUT2D eigenvalue weighted by Crippen LogP contribution is -2.42. The minimum atomic E-state index is -1.17. The Morgan fingerprint density at radius 3 is 2.46 bits per heavy atom. The lowest BCUT2D eigenvalue weighted by atomic mass is 10.2. The molecule has 13 heavy (non-hydrogen) atoms. The lowest BCUT2D eigenvalue weighted by Gasteiger charge is -2.16. The zero-order chi connectivity index (χ0) is 10.4. The minimum Gasteiger partial charge on any atom is -0.480 e. The Labute approximate surface area is 76.9 Å². The number of rotatable bonds is 5. The summed E-state index contributed by atoms with van der Waals surface area (Å²) in [5.74, 6) is -1.58. The highest BCUT2D eigenvalue weighted by Crippen LogP contribution is 2.00. The second kappa shape index (κ2) is 5.53. The summed E-state index contributed by atoms with van der Waals surface area (Å²) in [6.07, 6.45) is 0.182. The molecule has 0 spiro atoms. The van der Waals surface area contributed by atoms with Gasteiger partial charge in [-0.05, 0) is 13.3 Å². The number of nitrogens with two attached hydrogens (primary N) is 1. The number of ether oxygens (including phenoxy) is 1. The van der Waals surface area contributed by atoms with Crippen LogP contribution in [-0.4, -0.2) is 29.2 Å². The second-order valence-corrected chi connectivity index (χ2v) is 2.81. The Balaban J connectivity index is 3.92. The van der Waals surface area contributed by atoms with Crippen LogP contribution in [-0.2, 0) is 14.3 Å². The molecular weight excluding hydrogens is 174 g/mol. The number of hydrogen-bond donors (Lipinski definition) is 2. The first-order chi connectivity index (χ1) is 5.99. The van der Waals surface area contributed by atoms with Crippen molar-refractivity contribution in [3.05, 3.63) is 0 Å². The number of carbonyl (C=O) groups excluding carboxylic acids is 1. The highest BCUT2D eigenvalue weighted by Gasteiger charge is 2.22. The van der Waals surface area contributed by atoms with E-state index in [2.05, 4.69) is 0 Å². The number of carboxylic acids is 1. The van der Waals surface area contributed by atoms with Crippen molar-refractivity contribution in [2.45, 2.75) is 38.8 Å². The Hall–Kier alpha value is -1.10. The molecule has 0 aliphatic carbocycles. The summed E-state index contributed by atoms with van der Waals surface area (Å²) in [4.78, 5) is 21.3. The van der Waals surface area contributed by atoms with E-state index in [1.54, 1.807) is 0 Å². The molecule has 76 valence electrons. The van der Waals surface area contributed by atoms with Crippen molar-refractivity contribution >= 4 is 11.9 Å². The van der Waals surface area contributed by atoms with Gasteiger partial charge in [0.05, 0.1) is 0 Å². The summed E-state index contributed by atoms with van der Waals surface area (Å²) >= 11 is 0. The van der Waals surface area contributed by atoms with Gasteiger partial charge in [0.2, 0.25) is 0 Å². The van der Waals surface area contributed by atoms with E-state index < -0.39 is 24.1 Å². The number of carbonyl (C=O) groups is 2. The van der Waals surface area contributed by atoms with Gasteiger partial charge in [-0.1, -0.05) is 6.92 Å². The van der Waals surface area contributed by atoms with E-state index >= 15 is 0 Å². The fraction of sp³-hybridized carbons (Fsp3) is 0.750. The molecule has 0 aliphatic heterocycles. The first kappa shape index (κ1) is 11.9. The molecule has 0 saturated heterocycles. The van der Waals surface area contributed by atoms with Crippen molar-refractivity contribution in [1.82, 2.24) is 0 Å². The van der Waals surface area contributed by atoms with Crippen LogP contribution in [0, 0.1) is 0 Å². The largest absolute Gasteiger partial charge is 0.480 e. The molecule has 5 heteroatoms. The van der Waals surface area contributed by atoms with E-state index in [9.17, 15) is 9.59 Å². The summed E-state index contributed by atoms with van der Waals surface area (Å²) in [7, 11) is 0. The van der Waals surface area contributed by atoms with Gasteiger partial charge in [-0.25, -0.2) is 0 Å². The summed E-state index contributed by atoms with van der Waals surface area (Å²) in [6.45, 7) is 3.30. The molecule has 0 unspecified atom stereocenters. The monoisotopic (exact) mass is 189 g/mol. The zero-order valence-electron chi connectivity index (χ0n) is 7.82. The SMILES string of the molecule is CCCC(=O)O[C@@H](C)[C@H](N)C(=O)O. The molecule has 0 fully saturated rings. The van der Waals surface area contributed by atoms with Gasteiger partial charge >= 0.3 is 11.9 Å². The van der Waals surface area contributed by atoms with E-state index in [-0.39, 0.29) is 6.42 Å². The van der Waals surface area contributed by atoms with Crippen molar-refractivity contribution in [1.29, 1.82) is 0 Å². The van der Waals surface area contributed by atoms with Crippen molar-refractivity contribution in [3.8, 4) is 0 Å². The van der Waals surface area contributed by atoms with E-state index in [0.29, 0.717) is 6.42 Å².